The zero-order chi connectivity index (χ0) is 9.94. The molecule has 0 radical (unpaired) electrons. The van der Waals surface area contributed by atoms with Crippen molar-refractivity contribution in [1.82, 2.24) is 0 Å². The largest absolute Gasteiger partial charge is 0.251 e. The Morgan fingerprint density at radius 3 is 2.62 bits per heavy atom. The third-order valence-electron chi connectivity index (χ3n) is 1.97. The van der Waals surface area contributed by atoms with Crippen LogP contribution in [-0.2, 0) is 0 Å². The number of allylic oxidation sites excluding steroid dienone is 3. The van der Waals surface area contributed by atoms with Crippen LogP contribution in [0, 0.1) is 0 Å². The fourth-order valence-electron chi connectivity index (χ4n) is 1.16. The van der Waals surface area contributed by atoms with E-state index in [4.69, 9.17) is 0 Å². The van der Waals surface area contributed by atoms with E-state index in [1.165, 1.54) is 5.57 Å². The molecule has 0 amide bonds. The van der Waals surface area contributed by atoms with E-state index in [9.17, 15) is 4.39 Å². The van der Waals surface area contributed by atoms with Gasteiger partial charge in [0, 0.05) is 0 Å². The van der Waals surface area contributed by atoms with Gasteiger partial charge >= 0.3 is 0 Å². The Bertz CT molecular complexity index is 147. The fraction of sp³-hybridized carbons (Fsp3) is 0.667. The molecule has 0 nitrogen and oxygen atoms in total. The molecule has 13 heavy (non-hydrogen) atoms. The highest BCUT2D eigenvalue weighted by molar-refractivity contribution is 5.01. The summed E-state index contributed by atoms with van der Waals surface area (Å²) in [4.78, 5) is 0. The van der Waals surface area contributed by atoms with Crippen LogP contribution in [0.3, 0.4) is 0 Å². The maximum absolute atomic E-state index is 11.7. The summed E-state index contributed by atoms with van der Waals surface area (Å²) in [5, 5.41) is 0. The third kappa shape index (κ3) is 9.32. The fourth-order valence-corrected chi connectivity index (χ4v) is 1.16. The number of hydrogen-bond donors (Lipinski definition) is 0. The van der Waals surface area contributed by atoms with Gasteiger partial charge in [0.1, 0.15) is 0 Å². The smallest absolute Gasteiger partial charge is 0.0894 e. The summed E-state index contributed by atoms with van der Waals surface area (Å²) in [7, 11) is 0. The Labute approximate surface area is 81.5 Å². The van der Waals surface area contributed by atoms with Crippen LogP contribution in [0.25, 0.3) is 0 Å². The van der Waals surface area contributed by atoms with Crippen LogP contribution in [0.1, 0.15) is 45.4 Å². The minimum atomic E-state index is -0.178. The summed E-state index contributed by atoms with van der Waals surface area (Å²) in [5.74, 6) is 0. The normalized spacial score (nSPS) is 10.9. The number of halogens is 1. The predicted molar refractivity (Wildman–Crippen MR) is 57.6 cm³/mol. The number of alkyl halides is 1. The van der Waals surface area contributed by atoms with Gasteiger partial charge in [0.05, 0.1) is 6.67 Å². The second-order valence-electron chi connectivity index (χ2n) is 3.33. The molecule has 0 fully saturated rings. The van der Waals surface area contributed by atoms with Crippen molar-refractivity contribution < 1.29 is 4.39 Å². The van der Waals surface area contributed by atoms with E-state index in [0.717, 1.165) is 32.1 Å². The molecule has 0 rings (SSSR count). The van der Waals surface area contributed by atoms with Crippen molar-refractivity contribution in [1.29, 1.82) is 0 Å². The molecule has 1 heteroatoms. The highest BCUT2D eigenvalue weighted by Crippen LogP contribution is 2.11. The highest BCUT2D eigenvalue weighted by Gasteiger charge is 1.92. The molecule has 0 aromatic rings. The lowest BCUT2D eigenvalue weighted by Crippen LogP contribution is -1.83. The van der Waals surface area contributed by atoms with Crippen molar-refractivity contribution in [3.8, 4) is 0 Å². The van der Waals surface area contributed by atoms with Crippen LogP contribution in [0.15, 0.2) is 24.3 Å². The molecule has 0 aliphatic carbocycles. The number of unbranched alkanes of at least 4 members (excludes halogenated alkanes) is 2. The van der Waals surface area contributed by atoms with Gasteiger partial charge < -0.3 is 0 Å². The first-order chi connectivity index (χ1) is 6.31. The van der Waals surface area contributed by atoms with Gasteiger partial charge in [0.25, 0.3) is 0 Å². The first kappa shape index (κ1) is 12.4. The molecule has 0 saturated carbocycles. The second kappa shape index (κ2) is 9.50. The molecule has 76 valence electrons. The SMILES string of the molecule is C=C(C/C=C\CC)CCCCCF. The summed E-state index contributed by atoms with van der Waals surface area (Å²) in [6.45, 7) is 5.93. The Morgan fingerprint density at radius 2 is 2.00 bits per heavy atom. The van der Waals surface area contributed by atoms with Gasteiger partial charge in [-0.1, -0.05) is 37.6 Å². The van der Waals surface area contributed by atoms with Crippen LogP contribution in [0.2, 0.25) is 0 Å². The van der Waals surface area contributed by atoms with Crippen molar-refractivity contribution in [2.75, 3.05) is 6.67 Å². The molecule has 0 aliphatic rings. The monoisotopic (exact) mass is 184 g/mol. The standard InChI is InChI=1S/C12H21F/c1-3-4-6-9-12(2)10-7-5-8-11-13/h4,6H,2-3,5,7-11H2,1H3/b6-4-. The maximum atomic E-state index is 11.7. The molecular formula is C12H21F. The van der Waals surface area contributed by atoms with E-state index in [1.807, 2.05) is 0 Å². The summed E-state index contributed by atoms with van der Waals surface area (Å²) < 4.78 is 11.7. The minimum Gasteiger partial charge on any atom is -0.251 e. The molecule has 0 aliphatic heterocycles. The minimum absolute atomic E-state index is 0.178. The van der Waals surface area contributed by atoms with Crippen molar-refractivity contribution >= 4 is 0 Å². The quantitative estimate of drug-likeness (QED) is 0.387. The van der Waals surface area contributed by atoms with Gasteiger partial charge in [-0.3, -0.25) is 4.39 Å². The molecule has 0 spiro atoms. The zero-order valence-corrected chi connectivity index (χ0v) is 8.69. The summed E-state index contributed by atoms with van der Waals surface area (Å²) >= 11 is 0. The Kier molecular flexibility index (Phi) is 9.07. The van der Waals surface area contributed by atoms with E-state index in [-0.39, 0.29) is 6.67 Å². The van der Waals surface area contributed by atoms with Crippen molar-refractivity contribution in [3.63, 3.8) is 0 Å². The van der Waals surface area contributed by atoms with E-state index < -0.39 is 0 Å². The molecule has 0 saturated heterocycles. The van der Waals surface area contributed by atoms with Crippen LogP contribution < -0.4 is 0 Å². The lowest BCUT2D eigenvalue weighted by molar-refractivity contribution is 0.456. The average molecular weight is 184 g/mol. The molecule has 0 bridgehead atoms. The molecule has 0 atom stereocenters. The van der Waals surface area contributed by atoms with Crippen molar-refractivity contribution in [2.24, 2.45) is 0 Å². The van der Waals surface area contributed by atoms with Crippen LogP contribution in [-0.4, -0.2) is 6.67 Å². The number of hydrogen-bond acceptors (Lipinski definition) is 0. The predicted octanol–water partition coefficient (Wildman–Crippen LogP) is 4.43. The molecule has 0 aromatic carbocycles. The van der Waals surface area contributed by atoms with E-state index in [0.29, 0.717) is 6.42 Å². The van der Waals surface area contributed by atoms with Crippen LogP contribution >= 0.6 is 0 Å². The van der Waals surface area contributed by atoms with Crippen molar-refractivity contribution in [2.45, 2.75) is 45.4 Å². The third-order valence-corrected chi connectivity index (χ3v) is 1.97. The van der Waals surface area contributed by atoms with E-state index in [1.54, 1.807) is 0 Å². The highest BCUT2D eigenvalue weighted by atomic mass is 19.1. The lowest BCUT2D eigenvalue weighted by Gasteiger charge is -2.01. The number of rotatable bonds is 8. The van der Waals surface area contributed by atoms with Gasteiger partial charge in [-0.15, -0.1) is 0 Å². The van der Waals surface area contributed by atoms with E-state index in [2.05, 4.69) is 25.7 Å². The Hall–Kier alpha value is -0.590. The van der Waals surface area contributed by atoms with Gasteiger partial charge in [0.2, 0.25) is 0 Å². The van der Waals surface area contributed by atoms with Gasteiger partial charge in [-0.25, -0.2) is 0 Å². The Morgan fingerprint density at radius 1 is 1.23 bits per heavy atom. The second-order valence-corrected chi connectivity index (χ2v) is 3.33. The average Bonchev–Trinajstić information content (AvgIpc) is 2.13. The van der Waals surface area contributed by atoms with Gasteiger partial charge in [-0.2, -0.15) is 0 Å². The Balaban J connectivity index is 3.25. The maximum Gasteiger partial charge on any atom is 0.0894 e. The van der Waals surface area contributed by atoms with Gasteiger partial charge in [0.15, 0.2) is 0 Å². The topological polar surface area (TPSA) is 0 Å². The molecular weight excluding hydrogens is 163 g/mol. The lowest BCUT2D eigenvalue weighted by atomic mass is 10.1. The molecule has 0 heterocycles. The molecule has 0 unspecified atom stereocenters. The van der Waals surface area contributed by atoms with Crippen LogP contribution in [0.5, 0.6) is 0 Å². The molecule has 0 N–H and O–H groups in total. The zero-order valence-electron chi connectivity index (χ0n) is 8.69. The van der Waals surface area contributed by atoms with E-state index >= 15 is 0 Å². The van der Waals surface area contributed by atoms with Crippen LogP contribution in [0.4, 0.5) is 4.39 Å². The summed E-state index contributed by atoms with van der Waals surface area (Å²) in [6, 6.07) is 0. The first-order valence-corrected chi connectivity index (χ1v) is 5.18. The summed E-state index contributed by atoms with van der Waals surface area (Å²) in [6.07, 6.45) is 10.2. The summed E-state index contributed by atoms with van der Waals surface area (Å²) in [5.41, 5.74) is 1.27. The first-order valence-electron chi connectivity index (χ1n) is 5.18. The molecule has 0 aromatic heterocycles. The van der Waals surface area contributed by atoms with Crippen molar-refractivity contribution in [3.05, 3.63) is 24.3 Å². The van der Waals surface area contributed by atoms with Gasteiger partial charge in [-0.05, 0) is 32.1 Å².